The predicted molar refractivity (Wildman–Crippen MR) is 80.4 cm³/mol. The molecule has 1 aromatic rings. The fraction of sp³-hybridized carbons (Fsp3) is 0.786. The van der Waals surface area contributed by atoms with E-state index in [-0.39, 0.29) is 5.79 Å². The van der Waals surface area contributed by atoms with Crippen molar-refractivity contribution in [3.05, 3.63) is 10.6 Å². The number of nitrogens with one attached hydrogen (secondary N) is 1. The van der Waals surface area contributed by atoms with E-state index < -0.39 is 0 Å². The van der Waals surface area contributed by atoms with Gasteiger partial charge in [-0.2, -0.15) is 0 Å². The minimum Gasteiger partial charge on any atom is -0.360 e. The maximum Gasteiger partial charge on any atom is 0.183 e. The van der Waals surface area contributed by atoms with Gasteiger partial charge in [-0.25, -0.2) is 4.98 Å². The van der Waals surface area contributed by atoms with Crippen LogP contribution in [0.15, 0.2) is 0 Å². The maximum atomic E-state index is 5.74. The lowest BCUT2D eigenvalue weighted by molar-refractivity contribution is -0.145. The zero-order valence-electron chi connectivity index (χ0n) is 12.3. The lowest BCUT2D eigenvalue weighted by Gasteiger charge is -2.22. The highest BCUT2D eigenvalue weighted by molar-refractivity contribution is 7.15. The first kappa shape index (κ1) is 14.3. The smallest absolute Gasteiger partial charge is 0.183 e. The Labute approximate surface area is 124 Å². The van der Waals surface area contributed by atoms with Gasteiger partial charge in [0, 0.05) is 30.9 Å². The van der Waals surface area contributed by atoms with Crippen LogP contribution in [0.25, 0.3) is 0 Å². The molecule has 6 heteroatoms. The lowest BCUT2D eigenvalue weighted by atomic mass is 10.2. The summed E-state index contributed by atoms with van der Waals surface area (Å²) in [4.78, 5) is 8.33. The van der Waals surface area contributed by atoms with Gasteiger partial charge in [0.1, 0.15) is 0 Å². The van der Waals surface area contributed by atoms with Crippen molar-refractivity contribution in [1.82, 2.24) is 9.88 Å². The summed E-state index contributed by atoms with van der Waals surface area (Å²) < 4.78 is 11.5. The zero-order valence-corrected chi connectivity index (χ0v) is 13.1. The number of anilines is 1. The first-order chi connectivity index (χ1) is 9.71. The van der Waals surface area contributed by atoms with E-state index in [1.807, 2.05) is 0 Å². The van der Waals surface area contributed by atoms with Crippen molar-refractivity contribution in [2.24, 2.45) is 0 Å². The monoisotopic (exact) mass is 297 g/mol. The summed E-state index contributed by atoms with van der Waals surface area (Å²) in [5, 5.41) is 4.47. The molecule has 112 valence electrons. The van der Waals surface area contributed by atoms with E-state index in [2.05, 4.69) is 29.0 Å². The topological polar surface area (TPSA) is 46.6 Å². The second kappa shape index (κ2) is 5.97. The van der Waals surface area contributed by atoms with Crippen molar-refractivity contribution in [1.29, 1.82) is 0 Å². The maximum absolute atomic E-state index is 5.74. The summed E-state index contributed by atoms with van der Waals surface area (Å²) in [6.45, 7) is 9.62. The Balaban J connectivity index is 1.44. The van der Waals surface area contributed by atoms with E-state index in [1.54, 1.807) is 11.3 Å². The first-order valence-corrected chi connectivity index (χ1v) is 8.23. The van der Waals surface area contributed by atoms with Crippen LogP contribution in [0, 0.1) is 6.92 Å². The van der Waals surface area contributed by atoms with E-state index in [0.29, 0.717) is 0 Å². The molecule has 3 rings (SSSR count). The summed E-state index contributed by atoms with van der Waals surface area (Å²) in [5.41, 5.74) is 1.16. The highest BCUT2D eigenvalue weighted by atomic mass is 32.1. The first-order valence-electron chi connectivity index (χ1n) is 7.41. The number of rotatable bonds is 5. The number of ether oxygens (including phenoxy) is 2. The normalized spacial score (nSPS) is 21.9. The van der Waals surface area contributed by atoms with E-state index in [1.165, 1.54) is 4.88 Å². The Bertz CT molecular complexity index is 457. The van der Waals surface area contributed by atoms with Crippen LogP contribution in [0.1, 0.15) is 23.9 Å². The van der Waals surface area contributed by atoms with Crippen molar-refractivity contribution in [3.63, 3.8) is 0 Å². The van der Waals surface area contributed by atoms with Gasteiger partial charge in [0.2, 0.25) is 0 Å². The van der Waals surface area contributed by atoms with Gasteiger partial charge in [0.05, 0.1) is 25.5 Å². The fourth-order valence-electron chi connectivity index (χ4n) is 2.90. The van der Waals surface area contributed by atoms with Crippen molar-refractivity contribution in [3.8, 4) is 0 Å². The van der Waals surface area contributed by atoms with Gasteiger partial charge < -0.3 is 14.8 Å². The molecule has 0 atom stereocenters. The molecule has 3 heterocycles. The molecular formula is C14H23N3O2S. The fourth-order valence-corrected chi connectivity index (χ4v) is 3.83. The van der Waals surface area contributed by atoms with Gasteiger partial charge in [-0.15, -0.1) is 11.3 Å². The summed E-state index contributed by atoms with van der Waals surface area (Å²) in [6, 6.07) is 0. The third-order valence-electron chi connectivity index (χ3n) is 4.01. The number of hydrogen-bond donors (Lipinski definition) is 1. The number of nitrogens with zero attached hydrogens (tertiary/aromatic N) is 2. The molecule has 0 radical (unpaired) electrons. The molecule has 2 aliphatic heterocycles. The minimum atomic E-state index is -0.298. The number of aryl methyl sites for hydroxylation is 2. The van der Waals surface area contributed by atoms with Crippen LogP contribution < -0.4 is 5.32 Å². The highest BCUT2D eigenvalue weighted by Crippen LogP contribution is 2.30. The van der Waals surface area contributed by atoms with E-state index in [4.69, 9.17) is 9.47 Å². The van der Waals surface area contributed by atoms with Crippen LogP contribution in [0.3, 0.4) is 0 Å². The molecular weight excluding hydrogens is 274 g/mol. The Kier molecular flexibility index (Phi) is 4.26. The summed E-state index contributed by atoms with van der Waals surface area (Å²) >= 11 is 1.77. The van der Waals surface area contributed by atoms with Gasteiger partial charge in [-0.1, -0.05) is 6.92 Å². The molecule has 0 unspecified atom stereocenters. The third-order valence-corrected chi connectivity index (χ3v) is 5.26. The molecule has 0 aliphatic carbocycles. The van der Waals surface area contributed by atoms with Crippen LogP contribution in [0.2, 0.25) is 0 Å². The molecule has 2 fully saturated rings. The standard InChI is InChI=1S/C14H23N3O2S/c1-3-12-11(2)16-13(20-12)15-5-7-17-6-4-14(10-17)18-8-9-19-14/h3-10H2,1-2H3,(H,15,16). The Morgan fingerprint density at radius 2 is 2.20 bits per heavy atom. The molecule has 2 saturated heterocycles. The molecule has 2 aliphatic rings. The largest absolute Gasteiger partial charge is 0.360 e. The zero-order chi connectivity index (χ0) is 14.0. The quantitative estimate of drug-likeness (QED) is 0.899. The van der Waals surface area contributed by atoms with Gasteiger partial charge in [0.25, 0.3) is 0 Å². The van der Waals surface area contributed by atoms with Crippen LogP contribution in [0.5, 0.6) is 0 Å². The van der Waals surface area contributed by atoms with Gasteiger partial charge in [-0.05, 0) is 13.3 Å². The molecule has 1 aromatic heterocycles. The van der Waals surface area contributed by atoms with E-state index in [0.717, 1.165) is 63.1 Å². The number of thiazole rings is 1. The van der Waals surface area contributed by atoms with Crippen LogP contribution in [-0.2, 0) is 15.9 Å². The molecule has 5 nitrogen and oxygen atoms in total. The molecule has 0 bridgehead atoms. The van der Waals surface area contributed by atoms with Crippen molar-refractivity contribution in [2.45, 2.75) is 32.5 Å². The molecule has 0 aromatic carbocycles. The minimum absolute atomic E-state index is 0.298. The average molecular weight is 297 g/mol. The van der Waals surface area contributed by atoms with E-state index in [9.17, 15) is 0 Å². The second-order valence-corrected chi connectivity index (χ2v) is 6.53. The van der Waals surface area contributed by atoms with Gasteiger partial charge >= 0.3 is 0 Å². The Morgan fingerprint density at radius 1 is 1.40 bits per heavy atom. The van der Waals surface area contributed by atoms with Gasteiger partial charge in [0.15, 0.2) is 10.9 Å². The van der Waals surface area contributed by atoms with Crippen molar-refractivity contribution < 1.29 is 9.47 Å². The van der Waals surface area contributed by atoms with Crippen molar-refractivity contribution >= 4 is 16.5 Å². The summed E-state index contributed by atoms with van der Waals surface area (Å²) in [5.74, 6) is -0.298. The molecule has 1 N–H and O–H groups in total. The number of hydrogen-bond acceptors (Lipinski definition) is 6. The molecule has 20 heavy (non-hydrogen) atoms. The molecule has 0 amide bonds. The highest BCUT2D eigenvalue weighted by Gasteiger charge is 2.42. The van der Waals surface area contributed by atoms with Crippen LogP contribution >= 0.6 is 11.3 Å². The Hall–Kier alpha value is -0.690. The molecule has 1 spiro atoms. The second-order valence-electron chi connectivity index (χ2n) is 5.44. The van der Waals surface area contributed by atoms with Crippen LogP contribution in [0.4, 0.5) is 5.13 Å². The SMILES string of the molecule is CCc1sc(NCCN2CCC3(C2)OCCO3)nc1C. The Morgan fingerprint density at radius 3 is 2.90 bits per heavy atom. The molecule has 0 saturated carbocycles. The van der Waals surface area contributed by atoms with Gasteiger partial charge in [-0.3, -0.25) is 4.90 Å². The van der Waals surface area contributed by atoms with E-state index >= 15 is 0 Å². The van der Waals surface area contributed by atoms with Crippen LogP contribution in [-0.4, -0.2) is 55.1 Å². The number of likely N-dealkylation sites (tertiary alicyclic amines) is 1. The summed E-state index contributed by atoms with van der Waals surface area (Å²) in [7, 11) is 0. The van der Waals surface area contributed by atoms with Crippen molar-refractivity contribution in [2.75, 3.05) is 44.7 Å². The lowest BCUT2D eigenvalue weighted by Crippen LogP contribution is -2.35. The third kappa shape index (κ3) is 2.98. The summed E-state index contributed by atoms with van der Waals surface area (Å²) in [6.07, 6.45) is 2.05. The average Bonchev–Trinajstić information content (AvgIpc) is 3.13. The number of aromatic nitrogens is 1. The predicted octanol–water partition coefficient (Wildman–Crippen LogP) is 1.87.